The first-order valence-electron chi connectivity index (χ1n) is 4.96. The molecular weight excluding hydrogens is 176 g/mol. The van der Waals surface area contributed by atoms with Gasteiger partial charge in [0, 0.05) is 0 Å². The SMILES string of the molecule is CC(=O)[C@H]1c2ccccc2CC[C@@H]1O. The molecule has 1 aliphatic rings. The summed E-state index contributed by atoms with van der Waals surface area (Å²) in [6.07, 6.45) is 1.07. The molecule has 0 unspecified atom stereocenters. The Labute approximate surface area is 83.6 Å². The van der Waals surface area contributed by atoms with Crippen molar-refractivity contribution in [2.24, 2.45) is 0 Å². The van der Waals surface area contributed by atoms with Crippen LogP contribution in [0, 0.1) is 0 Å². The summed E-state index contributed by atoms with van der Waals surface area (Å²) in [6.45, 7) is 1.55. The first-order valence-corrected chi connectivity index (χ1v) is 4.96. The van der Waals surface area contributed by atoms with Gasteiger partial charge in [0.1, 0.15) is 5.78 Å². The number of benzene rings is 1. The highest BCUT2D eigenvalue weighted by Gasteiger charge is 2.30. The third-order valence-electron chi connectivity index (χ3n) is 2.92. The van der Waals surface area contributed by atoms with E-state index in [9.17, 15) is 9.90 Å². The van der Waals surface area contributed by atoms with E-state index < -0.39 is 6.10 Å². The van der Waals surface area contributed by atoms with E-state index in [1.165, 1.54) is 5.56 Å². The minimum atomic E-state index is -0.498. The molecule has 14 heavy (non-hydrogen) atoms. The monoisotopic (exact) mass is 190 g/mol. The van der Waals surface area contributed by atoms with Crippen molar-refractivity contribution in [3.05, 3.63) is 35.4 Å². The number of carbonyl (C=O) groups excluding carboxylic acids is 1. The average molecular weight is 190 g/mol. The molecule has 0 aliphatic heterocycles. The maximum absolute atomic E-state index is 11.4. The van der Waals surface area contributed by atoms with Gasteiger partial charge in [-0.1, -0.05) is 24.3 Å². The number of aliphatic hydroxyl groups is 1. The van der Waals surface area contributed by atoms with Gasteiger partial charge in [-0.05, 0) is 30.9 Å². The number of hydrogen-bond acceptors (Lipinski definition) is 2. The zero-order chi connectivity index (χ0) is 10.1. The predicted octanol–water partition coefficient (Wildman–Crippen LogP) is 1.67. The lowest BCUT2D eigenvalue weighted by Gasteiger charge is -2.28. The van der Waals surface area contributed by atoms with Crippen LogP contribution in [-0.4, -0.2) is 17.0 Å². The van der Waals surface area contributed by atoms with Gasteiger partial charge in [-0.2, -0.15) is 0 Å². The Morgan fingerprint density at radius 3 is 2.86 bits per heavy atom. The normalized spacial score (nSPS) is 25.6. The van der Waals surface area contributed by atoms with Gasteiger partial charge in [-0.25, -0.2) is 0 Å². The van der Waals surface area contributed by atoms with E-state index in [0.717, 1.165) is 12.0 Å². The van der Waals surface area contributed by atoms with Crippen LogP contribution >= 0.6 is 0 Å². The summed E-state index contributed by atoms with van der Waals surface area (Å²) in [5.74, 6) is -0.246. The second kappa shape index (κ2) is 3.54. The van der Waals surface area contributed by atoms with Crippen LogP contribution in [0.15, 0.2) is 24.3 Å². The van der Waals surface area contributed by atoms with Crippen LogP contribution in [0.4, 0.5) is 0 Å². The standard InChI is InChI=1S/C12H14O2/c1-8(13)12-10-5-3-2-4-9(10)6-7-11(12)14/h2-5,11-12,14H,6-7H2,1H3/t11-,12-/m0/s1. The summed E-state index contributed by atoms with van der Waals surface area (Å²) in [4.78, 5) is 11.4. The van der Waals surface area contributed by atoms with Gasteiger partial charge in [0.25, 0.3) is 0 Å². The fourth-order valence-corrected chi connectivity index (χ4v) is 2.23. The topological polar surface area (TPSA) is 37.3 Å². The minimum absolute atomic E-state index is 0.0599. The molecule has 0 amide bonds. The first-order chi connectivity index (χ1) is 6.70. The van der Waals surface area contributed by atoms with E-state index >= 15 is 0 Å². The average Bonchev–Trinajstić information content (AvgIpc) is 2.17. The van der Waals surface area contributed by atoms with E-state index in [0.29, 0.717) is 6.42 Å². The maximum atomic E-state index is 11.4. The summed E-state index contributed by atoms with van der Waals surface area (Å²) in [7, 11) is 0. The zero-order valence-corrected chi connectivity index (χ0v) is 8.23. The molecule has 2 atom stereocenters. The van der Waals surface area contributed by atoms with Crippen LogP contribution in [0.1, 0.15) is 30.4 Å². The second-order valence-corrected chi connectivity index (χ2v) is 3.89. The number of fused-ring (bicyclic) bond motifs is 1. The highest BCUT2D eigenvalue weighted by atomic mass is 16.3. The molecule has 74 valence electrons. The number of aryl methyl sites for hydroxylation is 1. The second-order valence-electron chi connectivity index (χ2n) is 3.89. The number of aliphatic hydroxyl groups excluding tert-OH is 1. The molecular formula is C12H14O2. The number of rotatable bonds is 1. The Hall–Kier alpha value is -1.15. The maximum Gasteiger partial charge on any atom is 0.139 e. The molecule has 0 bridgehead atoms. The molecule has 2 nitrogen and oxygen atoms in total. The van der Waals surface area contributed by atoms with Gasteiger partial charge in [-0.3, -0.25) is 4.79 Å². The summed E-state index contributed by atoms with van der Waals surface area (Å²) in [6, 6.07) is 7.89. The number of carbonyl (C=O) groups is 1. The van der Waals surface area contributed by atoms with Crippen molar-refractivity contribution in [2.45, 2.75) is 31.8 Å². The molecule has 2 rings (SSSR count). The highest BCUT2D eigenvalue weighted by Crippen LogP contribution is 2.32. The van der Waals surface area contributed by atoms with E-state index in [1.54, 1.807) is 6.92 Å². The quantitative estimate of drug-likeness (QED) is 0.731. The van der Waals surface area contributed by atoms with Crippen molar-refractivity contribution < 1.29 is 9.90 Å². The van der Waals surface area contributed by atoms with Crippen molar-refractivity contribution in [2.75, 3.05) is 0 Å². The molecule has 0 fully saturated rings. The number of Topliss-reactive ketones (excluding diaryl/α,β-unsaturated/α-hetero) is 1. The molecule has 2 heteroatoms. The molecule has 0 aromatic heterocycles. The Balaban J connectivity index is 2.46. The first kappa shape index (κ1) is 9.41. The van der Waals surface area contributed by atoms with Crippen molar-refractivity contribution >= 4 is 5.78 Å². The van der Waals surface area contributed by atoms with Gasteiger partial charge in [0.05, 0.1) is 12.0 Å². The summed E-state index contributed by atoms with van der Waals surface area (Å²) >= 11 is 0. The van der Waals surface area contributed by atoms with Gasteiger partial charge in [-0.15, -0.1) is 0 Å². The van der Waals surface area contributed by atoms with Gasteiger partial charge in [0.15, 0.2) is 0 Å². The highest BCUT2D eigenvalue weighted by molar-refractivity contribution is 5.84. The summed E-state index contributed by atoms with van der Waals surface area (Å²) in [5, 5.41) is 9.77. The van der Waals surface area contributed by atoms with Crippen LogP contribution in [0.5, 0.6) is 0 Å². The molecule has 0 radical (unpaired) electrons. The molecule has 0 heterocycles. The van der Waals surface area contributed by atoms with Crippen LogP contribution in [0.25, 0.3) is 0 Å². The lowest BCUT2D eigenvalue weighted by atomic mass is 9.79. The lowest BCUT2D eigenvalue weighted by Crippen LogP contribution is -2.29. The van der Waals surface area contributed by atoms with E-state index in [4.69, 9.17) is 0 Å². The van der Waals surface area contributed by atoms with Gasteiger partial charge >= 0.3 is 0 Å². The Morgan fingerprint density at radius 2 is 2.14 bits per heavy atom. The molecule has 0 spiro atoms. The Kier molecular flexibility index (Phi) is 2.38. The van der Waals surface area contributed by atoms with E-state index in [-0.39, 0.29) is 11.7 Å². The lowest BCUT2D eigenvalue weighted by molar-refractivity contribution is -0.121. The van der Waals surface area contributed by atoms with Crippen LogP contribution in [0.2, 0.25) is 0 Å². The van der Waals surface area contributed by atoms with E-state index in [1.807, 2.05) is 24.3 Å². The molecule has 1 aromatic rings. The third kappa shape index (κ3) is 1.46. The molecule has 1 aromatic carbocycles. The molecule has 1 N–H and O–H groups in total. The van der Waals surface area contributed by atoms with Crippen molar-refractivity contribution in [3.63, 3.8) is 0 Å². The Morgan fingerprint density at radius 1 is 1.43 bits per heavy atom. The minimum Gasteiger partial charge on any atom is -0.392 e. The number of hydrogen-bond donors (Lipinski definition) is 1. The molecule has 0 saturated carbocycles. The fraction of sp³-hybridized carbons (Fsp3) is 0.417. The molecule has 0 saturated heterocycles. The predicted molar refractivity (Wildman–Crippen MR) is 54.2 cm³/mol. The van der Waals surface area contributed by atoms with Crippen molar-refractivity contribution in [1.29, 1.82) is 0 Å². The van der Waals surface area contributed by atoms with Crippen LogP contribution in [0.3, 0.4) is 0 Å². The largest absolute Gasteiger partial charge is 0.392 e. The molecule has 1 aliphatic carbocycles. The number of ketones is 1. The summed E-state index contributed by atoms with van der Waals surface area (Å²) in [5.41, 5.74) is 2.22. The van der Waals surface area contributed by atoms with Gasteiger partial charge in [0.2, 0.25) is 0 Å². The van der Waals surface area contributed by atoms with Crippen molar-refractivity contribution in [1.82, 2.24) is 0 Å². The van der Waals surface area contributed by atoms with Crippen LogP contribution in [-0.2, 0) is 11.2 Å². The van der Waals surface area contributed by atoms with E-state index in [2.05, 4.69) is 0 Å². The fourth-order valence-electron chi connectivity index (χ4n) is 2.23. The Bertz CT molecular complexity index is 357. The third-order valence-corrected chi connectivity index (χ3v) is 2.92. The summed E-state index contributed by atoms with van der Waals surface area (Å²) < 4.78 is 0. The smallest absolute Gasteiger partial charge is 0.139 e. The van der Waals surface area contributed by atoms with Crippen molar-refractivity contribution in [3.8, 4) is 0 Å². The van der Waals surface area contributed by atoms with Gasteiger partial charge < -0.3 is 5.11 Å². The zero-order valence-electron chi connectivity index (χ0n) is 8.23. The van der Waals surface area contributed by atoms with Crippen LogP contribution < -0.4 is 0 Å².